The summed E-state index contributed by atoms with van der Waals surface area (Å²) in [7, 11) is 3.78. The van der Waals surface area contributed by atoms with Crippen LogP contribution in [-0.2, 0) is 4.79 Å². The zero-order valence-electron chi connectivity index (χ0n) is 15.7. The minimum Gasteiger partial charge on any atom is -0.497 e. The predicted octanol–water partition coefficient (Wildman–Crippen LogP) is 1.61. The fraction of sp³-hybridized carbons (Fsp3) is 0.632. The topological polar surface area (TPSA) is 54.0 Å². The largest absolute Gasteiger partial charge is 0.497 e. The number of ether oxygens (including phenoxy) is 2. The third-order valence-corrected chi connectivity index (χ3v) is 4.55. The second-order valence-corrected chi connectivity index (χ2v) is 6.48. The van der Waals surface area contributed by atoms with Crippen LogP contribution in [0.25, 0.3) is 0 Å². The average molecular weight is 349 g/mol. The van der Waals surface area contributed by atoms with Crippen LogP contribution in [0.3, 0.4) is 0 Å². The Morgan fingerprint density at radius 1 is 1.16 bits per heavy atom. The van der Waals surface area contributed by atoms with Crippen LogP contribution >= 0.6 is 0 Å². The molecule has 0 aliphatic carbocycles. The van der Waals surface area contributed by atoms with Gasteiger partial charge in [-0.25, -0.2) is 0 Å². The average Bonchev–Trinajstić information content (AvgIpc) is 2.65. The summed E-state index contributed by atoms with van der Waals surface area (Å²) in [6, 6.07) is 7.30. The van der Waals surface area contributed by atoms with E-state index in [1.54, 1.807) is 7.11 Å². The van der Waals surface area contributed by atoms with Gasteiger partial charge in [-0.3, -0.25) is 4.79 Å². The molecule has 1 aliphatic rings. The van der Waals surface area contributed by atoms with Gasteiger partial charge in [-0.05, 0) is 50.7 Å². The molecular formula is C19H31N3O3. The van der Waals surface area contributed by atoms with Gasteiger partial charge in [0.05, 0.1) is 7.11 Å². The Balaban J connectivity index is 1.68. The van der Waals surface area contributed by atoms with Crippen molar-refractivity contribution in [3.8, 4) is 11.5 Å². The quantitative estimate of drug-likeness (QED) is 0.687. The first kappa shape index (κ1) is 19.5. The SMILES string of the molecule is CC[C@@H](Oc1ccc(OC)cc1)C(=O)NCCCN1CCN(C)CC1. The number of carbonyl (C=O) groups is 1. The molecule has 0 saturated carbocycles. The van der Waals surface area contributed by atoms with E-state index in [0.29, 0.717) is 18.7 Å². The molecule has 1 aromatic carbocycles. The number of nitrogens with one attached hydrogen (secondary N) is 1. The van der Waals surface area contributed by atoms with Crippen molar-refractivity contribution in [2.75, 3.05) is 53.4 Å². The van der Waals surface area contributed by atoms with Gasteiger partial charge >= 0.3 is 0 Å². The Bertz CT molecular complexity index is 513. The smallest absolute Gasteiger partial charge is 0.261 e. The maximum absolute atomic E-state index is 12.3. The van der Waals surface area contributed by atoms with E-state index >= 15 is 0 Å². The third kappa shape index (κ3) is 6.55. The first-order valence-corrected chi connectivity index (χ1v) is 9.11. The highest BCUT2D eigenvalue weighted by Gasteiger charge is 2.18. The summed E-state index contributed by atoms with van der Waals surface area (Å²) in [6.45, 7) is 8.15. The molecule has 0 aromatic heterocycles. The van der Waals surface area contributed by atoms with Gasteiger partial charge < -0.3 is 24.6 Å². The van der Waals surface area contributed by atoms with E-state index in [2.05, 4.69) is 22.2 Å². The molecule has 1 amide bonds. The number of methoxy groups -OCH3 is 1. The maximum atomic E-state index is 12.3. The number of likely N-dealkylation sites (N-methyl/N-ethyl adjacent to an activating group) is 1. The lowest BCUT2D eigenvalue weighted by molar-refractivity contribution is -0.128. The molecule has 1 atom stereocenters. The van der Waals surface area contributed by atoms with E-state index in [1.165, 1.54) is 0 Å². The van der Waals surface area contributed by atoms with E-state index in [0.717, 1.165) is 44.9 Å². The zero-order chi connectivity index (χ0) is 18.1. The lowest BCUT2D eigenvalue weighted by Gasteiger charge is -2.32. The fourth-order valence-electron chi connectivity index (χ4n) is 2.84. The van der Waals surface area contributed by atoms with Gasteiger partial charge in [-0.1, -0.05) is 6.92 Å². The second kappa shape index (κ2) is 10.3. The van der Waals surface area contributed by atoms with Crippen molar-refractivity contribution in [3.63, 3.8) is 0 Å². The molecule has 1 aliphatic heterocycles. The Morgan fingerprint density at radius 3 is 2.40 bits per heavy atom. The van der Waals surface area contributed by atoms with Crippen molar-refractivity contribution < 1.29 is 14.3 Å². The molecule has 1 N–H and O–H groups in total. The van der Waals surface area contributed by atoms with Gasteiger partial charge in [-0.2, -0.15) is 0 Å². The van der Waals surface area contributed by atoms with Crippen molar-refractivity contribution in [2.45, 2.75) is 25.9 Å². The summed E-state index contributed by atoms with van der Waals surface area (Å²) < 4.78 is 10.9. The van der Waals surface area contributed by atoms with Crippen molar-refractivity contribution in [2.24, 2.45) is 0 Å². The molecule has 6 heteroatoms. The van der Waals surface area contributed by atoms with E-state index in [4.69, 9.17) is 9.47 Å². The molecule has 1 heterocycles. The predicted molar refractivity (Wildman–Crippen MR) is 99.3 cm³/mol. The molecule has 1 saturated heterocycles. The number of piperazine rings is 1. The first-order valence-electron chi connectivity index (χ1n) is 9.11. The molecule has 6 nitrogen and oxygen atoms in total. The highest BCUT2D eigenvalue weighted by Crippen LogP contribution is 2.18. The Hall–Kier alpha value is -1.79. The van der Waals surface area contributed by atoms with Crippen LogP contribution in [0.15, 0.2) is 24.3 Å². The molecule has 25 heavy (non-hydrogen) atoms. The van der Waals surface area contributed by atoms with Gasteiger partial charge in [0.25, 0.3) is 5.91 Å². The summed E-state index contributed by atoms with van der Waals surface area (Å²) in [5, 5.41) is 3.00. The molecular weight excluding hydrogens is 318 g/mol. The van der Waals surface area contributed by atoms with E-state index in [-0.39, 0.29) is 5.91 Å². The monoisotopic (exact) mass is 349 g/mol. The van der Waals surface area contributed by atoms with E-state index in [1.807, 2.05) is 31.2 Å². The van der Waals surface area contributed by atoms with Crippen molar-refractivity contribution in [3.05, 3.63) is 24.3 Å². The minimum atomic E-state index is -0.461. The molecule has 1 fully saturated rings. The number of benzene rings is 1. The number of amides is 1. The molecule has 0 bridgehead atoms. The third-order valence-electron chi connectivity index (χ3n) is 4.55. The highest BCUT2D eigenvalue weighted by molar-refractivity contribution is 5.81. The fourth-order valence-corrected chi connectivity index (χ4v) is 2.84. The molecule has 0 spiro atoms. The number of hydrogen-bond donors (Lipinski definition) is 1. The number of carbonyl (C=O) groups excluding carboxylic acids is 1. The summed E-state index contributed by atoms with van der Waals surface area (Å²) in [5.74, 6) is 1.41. The second-order valence-electron chi connectivity index (χ2n) is 6.48. The molecule has 1 aromatic rings. The highest BCUT2D eigenvalue weighted by atomic mass is 16.5. The first-order chi connectivity index (χ1) is 12.1. The van der Waals surface area contributed by atoms with Gasteiger partial charge in [0.1, 0.15) is 11.5 Å². The van der Waals surface area contributed by atoms with Crippen LogP contribution in [-0.4, -0.2) is 75.2 Å². The van der Waals surface area contributed by atoms with Crippen LogP contribution in [0, 0.1) is 0 Å². The van der Waals surface area contributed by atoms with Crippen LogP contribution in [0.1, 0.15) is 19.8 Å². The summed E-state index contributed by atoms with van der Waals surface area (Å²) >= 11 is 0. The Labute approximate surface area is 151 Å². The Kier molecular flexibility index (Phi) is 8.01. The van der Waals surface area contributed by atoms with Gasteiger partial charge in [-0.15, -0.1) is 0 Å². The van der Waals surface area contributed by atoms with Crippen LogP contribution in [0.4, 0.5) is 0 Å². The molecule has 140 valence electrons. The summed E-state index contributed by atoms with van der Waals surface area (Å²) in [6.07, 6.45) is 1.14. The van der Waals surface area contributed by atoms with Crippen molar-refractivity contribution in [1.29, 1.82) is 0 Å². The van der Waals surface area contributed by atoms with Crippen LogP contribution in [0.5, 0.6) is 11.5 Å². The Morgan fingerprint density at radius 2 is 1.80 bits per heavy atom. The van der Waals surface area contributed by atoms with Crippen molar-refractivity contribution >= 4 is 5.91 Å². The minimum absolute atomic E-state index is 0.0447. The van der Waals surface area contributed by atoms with Gasteiger partial charge in [0.15, 0.2) is 6.10 Å². The standard InChI is InChI=1S/C19H31N3O3/c1-4-18(25-17-8-6-16(24-3)7-9-17)19(23)20-10-5-11-22-14-12-21(2)13-15-22/h6-9,18H,4-5,10-15H2,1-3H3,(H,20,23)/t18-/m1/s1. The maximum Gasteiger partial charge on any atom is 0.261 e. The molecule has 2 rings (SSSR count). The normalized spacial score (nSPS) is 17.1. The van der Waals surface area contributed by atoms with Gasteiger partial charge in [0.2, 0.25) is 0 Å². The number of rotatable bonds is 9. The lowest BCUT2D eigenvalue weighted by atomic mass is 10.2. The number of nitrogens with zero attached hydrogens (tertiary/aromatic N) is 2. The van der Waals surface area contributed by atoms with Crippen LogP contribution in [0.2, 0.25) is 0 Å². The van der Waals surface area contributed by atoms with Crippen LogP contribution < -0.4 is 14.8 Å². The lowest BCUT2D eigenvalue weighted by Crippen LogP contribution is -2.45. The molecule has 0 radical (unpaired) electrons. The summed E-state index contributed by atoms with van der Waals surface area (Å²) in [5.41, 5.74) is 0. The number of hydrogen-bond acceptors (Lipinski definition) is 5. The van der Waals surface area contributed by atoms with E-state index in [9.17, 15) is 4.79 Å². The molecule has 0 unspecified atom stereocenters. The zero-order valence-corrected chi connectivity index (χ0v) is 15.7. The summed E-state index contributed by atoms with van der Waals surface area (Å²) in [4.78, 5) is 17.1. The van der Waals surface area contributed by atoms with E-state index < -0.39 is 6.10 Å². The van der Waals surface area contributed by atoms with Gasteiger partial charge in [0, 0.05) is 32.7 Å². The van der Waals surface area contributed by atoms with Crippen molar-refractivity contribution in [1.82, 2.24) is 15.1 Å².